The first-order valence-electron chi connectivity index (χ1n) is 9.86. The fourth-order valence-corrected chi connectivity index (χ4v) is 4.54. The molecule has 0 aliphatic carbocycles. The van der Waals surface area contributed by atoms with E-state index in [4.69, 9.17) is 4.74 Å². The monoisotopic (exact) mass is 398 g/mol. The van der Waals surface area contributed by atoms with Gasteiger partial charge in [-0.15, -0.1) is 11.3 Å². The molecule has 2 aromatic rings. The Balaban J connectivity index is 1.34. The summed E-state index contributed by atoms with van der Waals surface area (Å²) in [5, 5.41) is 4.01. The molecule has 4 rings (SSSR count). The predicted molar refractivity (Wildman–Crippen MR) is 111 cm³/mol. The SMILES string of the molecule is Cc1ccc(N2CC(C(=O)N3CCC(Oc4ccsc4)CC3)CC2=O)cc1C. The van der Waals surface area contributed by atoms with E-state index in [0.717, 1.165) is 29.8 Å². The molecule has 1 atom stereocenters. The third-order valence-electron chi connectivity index (χ3n) is 5.83. The molecule has 1 aromatic heterocycles. The Morgan fingerprint density at radius 2 is 1.93 bits per heavy atom. The van der Waals surface area contributed by atoms with E-state index in [1.807, 2.05) is 46.8 Å². The van der Waals surface area contributed by atoms with Crippen LogP contribution in [0, 0.1) is 19.8 Å². The number of anilines is 1. The first kappa shape index (κ1) is 19.0. The minimum absolute atomic E-state index is 0.0391. The summed E-state index contributed by atoms with van der Waals surface area (Å²) in [7, 11) is 0. The Labute approximate surface area is 169 Å². The van der Waals surface area contributed by atoms with Crippen LogP contribution in [0.1, 0.15) is 30.4 Å². The van der Waals surface area contributed by atoms with E-state index < -0.39 is 0 Å². The maximum Gasteiger partial charge on any atom is 0.228 e. The summed E-state index contributed by atoms with van der Waals surface area (Å²) in [5.41, 5.74) is 3.26. The second kappa shape index (κ2) is 7.95. The minimum Gasteiger partial charge on any atom is -0.489 e. The van der Waals surface area contributed by atoms with E-state index in [9.17, 15) is 9.59 Å². The van der Waals surface area contributed by atoms with Crippen LogP contribution in [-0.2, 0) is 9.59 Å². The lowest BCUT2D eigenvalue weighted by Gasteiger charge is -2.33. The second-order valence-corrected chi connectivity index (χ2v) is 8.56. The number of piperidine rings is 1. The number of hydrogen-bond acceptors (Lipinski definition) is 4. The Morgan fingerprint density at radius 3 is 2.61 bits per heavy atom. The molecule has 2 saturated heterocycles. The van der Waals surface area contributed by atoms with Gasteiger partial charge in [-0.1, -0.05) is 6.07 Å². The lowest BCUT2D eigenvalue weighted by molar-refractivity contribution is -0.137. The van der Waals surface area contributed by atoms with E-state index in [1.54, 1.807) is 16.2 Å². The van der Waals surface area contributed by atoms with Crippen molar-refractivity contribution < 1.29 is 14.3 Å². The summed E-state index contributed by atoms with van der Waals surface area (Å²) in [4.78, 5) is 29.2. The Kier molecular flexibility index (Phi) is 5.40. The van der Waals surface area contributed by atoms with E-state index in [0.29, 0.717) is 26.1 Å². The fourth-order valence-electron chi connectivity index (χ4n) is 3.98. The van der Waals surface area contributed by atoms with Gasteiger partial charge in [0.2, 0.25) is 11.8 Å². The molecular formula is C22H26N2O3S. The van der Waals surface area contributed by atoms with Crippen LogP contribution in [0.2, 0.25) is 0 Å². The van der Waals surface area contributed by atoms with Gasteiger partial charge in [0.15, 0.2) is 0 Å². The number of amides is 2. The van der Waals surface area contributed by atoms with Crippen LogP contribution in [0.25, 0.3) is 0 Å². The molecule has 6 heteroatoms. The molecule has 2 aliphatic heterocycles. The number of hydrogen-bond donors (Lipinski definition) is 0. The van der Waals surface area contributed by atoms with Crippen LogP contribution in [0.5, 0.6) is 5.75 Å². The minimum atomic E-state index is -0.247. The Morgan fingerprint density at radius 1 is 1.14 bits per heavy atom. The Bertz CT molecular complexity index is 857. The molecule has 0 bridgehead atoms. The normalized spacial score (nSPS) is 20.6. The van der Waals surface area contributed by atoms with Gasteiger partial charge in [0, 0.05) is 50.0 Å². The highest BCUT2D eigenvalue weighted by Gasteiger charge is 2.38. The molecule has 2 amide bonds. The first-order valence-corrected chi connectivity index (χ1v) is 10.8. The van der Waals surface area contributed by atoms with Gasteiger partial charge >= 0.3 is 0 Å². The van der Waals surface area contributed by atoms with Crippen LogP contribution in [0.3, 0.4) is 0 Å². The van der Waals surface area contributed by atoms with Crippen molar-refractivity contribution in [1.29, 1.82) is 0 Å². The topological polar surface area (TPSA) is 49.9 Å². The van der Waals surface area contributed by atoms with Crippen molar-refractivity contribution in [2.45, 2.75) is 39.2 Å². The van der Waals surface area contributed by atoms with Crippen molar-refractivity contribution >= 4 is 28.8 Å². The van der Waals surface area contributed by atoms with Crippen molar-refractivity contribution in [3.8, 4) is 5.75 Å². The van der Waals surface area contributed by atoms with Crippen LogP contribution in [0.15, 0.2) is 35.0 Å². The third kappa shape index (κ3) is 3.92. The quantitative estimate of drug-likeness (QED) is 0.787. The number of nitrogens with zero attached hydrogens (tertiary/aromatic N) is 2. The molecule has 0 radical (unpaired) electrons. The lowest BCUT2D eigenvalue weighted by atomic mass is 10.0. The molecule has 1 unspecified atom stereocenters. The van der Waals surface area contributed by atoms with Gasteiger partial charge in [0.05, 0.1) is 5.92 Å². The van der Waals surface area contributed by atoms with Crippen LogP contribution in [0.4, 0.5) is 5.69 Å². The molecule has 28 heavy (non-hydrogen) atoms. The van der Waals surface area contributed by atoms with Crippen LogP contribution in [-0.4, -0.2) is 42.5 Å². The second-order valence-electron chi connectivity index (χ2n) is 7.78. The summed E-state index contributed by atoms with van der Waals surface area (Å²) in [6.45, 7) is 5.97. The number of carbonyl (C=O) groups excluding carboxylic acids is 2. The van der Waals surface area contributed by atoms with Crippen molar-refractivity contribution in [2.75, 3.05) is 24.5 Å². The highest BCUT2D eigenvalue weighted by Crippen LogP contribution is 2.29. The highest BCUT2D eigenvalue weighted by atomic mass is 32.1. The summed E-state index contributed by atoms with van der Waals surface area (Å²) in [5.74, 6) is 0.814. The molecular weight excluding hydrogens is 372 g/mol. The largest absolute Gasteiger partial charge is 0.489 e. The van der Waals surface area contributed by atoms with E-state index in [-0.39, 0.29) is 23.8 Å². The van der Waals surface area contributed by atoms with Crippen molar-refractivity contribution in [1.82, 2.24) is 4.90 Å². The maximum atomic E-state index is 13.0. The molecule has 0 saturated carbocycles. The van der Waals surface area contributed by atoms with Gasteiger partial charge in [-0.3, -0.25) is 9.59 Å². The van der Waals surface area contributed by atoms with Gasteiger partial charge in [-0.05, 0) is 48.6 Å². The number of thiophene rings is 1. The predicted octanol–water partition coefficient (Wildman–Crippen LogP) is 3.79. The molecule has 2 aliphatic rings. The molecule has 0 N–H and O–H groups in total. The molecule has 0 spiro atoms. The summed E-state index contributed by atoms with van der Waals surface area (Å²) in [6.07, 6.45) is 2.14. The number of benzene rings is 1. The van der Waals surface area contributed by atoms with Crippen molar-refractivity contribution in [3.05, 3.63) is 46.2 Å². The first-order chi connectivity index (χ1) is 13.5. The zero-order chi connectivity index (χ0) is 19.7. The number of aryl methyl sites for hydroxylation is 2. The molecule has 2 fully saturated rings. The van der Waals surface area contributed by atoms with E-state index >= 15 is 0 Å². The zero-order valence-corrected chi connectivity index (χ0v) is 17.2. The molecule has 3 heterocycles. The van der Waals surface area contributed by atoms with Crippen molar-refractivity contribution in [2.24, 2.45) is 5.92 Å². The molecule has 1 aromatic carbocycles. The average molecular weight is 399 g/mol. The number of rotatable bonds is 4. The lowest BCUT2D eigenvalue weighted by Crippen LogP contribution is -2.44. The summed E-state index contributed by atoms with van der Waals surface area (Å²) in [6, 6.07) is 8.02. The fraction of sp³-hybridized carbons (Fsp3) is 0.455. The van der Waals surface area contributed by atoms with E-state index in [2.05, 4.69) is 6.92 Å². The van der Waals surface area contributed by atoms with Gasteiger partial charge in [-0.2, -0.15) is 0 Å². The van der Waals surface area contributed by atoms with Gasteiger partial charge in [0.25, 0.3) is 0 Å². The summed E-state index contributed by atoms with van der Waals surface area (Å²) < 4.78 is 5.97. The highest BCUT2D eigenvalue weighted by molar-refractivity contribution is 7.08. The molecule has 148 valence electrons. The van der Waals surface area contributed by atoms with Gasteiger partial charge in [0.1, 0.15) is 11.9 Å². The maximum absolute atomic E-state index is 13.0. The van der Waals surface area contributed by atoms with Gasteiger partial charge < -0.3 is 14.5 Å². The molecule has 5 nitrogen and oxygen atoms in total. The van der Waals surface area contributed by atoms with Crippen LogP contribution >= 0.6 is 11.3 Å². The van der Waals surface area contributed by atoms with E-state index in [1.165, 1.54) is 5.56 Å². The summed E-state index contributed by atoms with van der Waals surface area (Å²) >= 11 is 1.62. The zero-order valence-electron chi connectivity index (χ0n) is 16.4. The third-order valence-corrected chi connectivity index (χ3v) is 6.49. The van der Waals surface area contributed by atoms with Crippen molar-refractivity contribution in [3.63, 3.8) is 0 Å². The number of likely N-dealkylation sites (tertiary alicyclic amines) is 1. The Hall–Kier alpha value is -2.34. The standard InChI is InChI=1S/C22H26N2O3S/c1-15-3-4-18(11-16(15)2)24-13-17(12-21(24)25)22(26)23-8-5-19(6-9-23)27-20-7-10-28-14-20/h3-4,7,10-11,14,17,19H,5-6,8-9,12-13H2,1-2H3. The number of ether oxygens (including phenoxy) is 1. The van der Waals surface area contributed by atoms with Crippen LogP contribution < -0.4 is 9.64 Å². The van der Waals surface area contributed by atoms with Gasteiger partial charge in [-0.25, -0.2) is 0 Å². The number of carbonyl (C=O) groups is 2. The smallest absolute Gasteiger partial charge is 0.228 e. The average Bonchev–Trinajstić information content (AvgIpc) is 3.34.